The van der Waals surface area contributed by atoms with Crippen molar-refractivity contribution in [3.05, 3.63) is 42.1 Å². The molecule has 0 aromatic carbocycles. The van der Waals surface area contributed by atoms with E-state index in [1.165, 1.54) is 19.3 Å². The van der Waals surface area contributed by atoms with Crippen LogP contribution in [0.1, 0.15) is 30.5 Å². The third-order valence-electron chi connectivity index (χ3n) is 4.68. The molecular formula is C16H21FN2. The summed E-state index contributed by atoms with van der Waals surface area (Å²) in [5.74, 6) is 0.457. The normalized spacial score (nSPS) is 24.5. The van der Waals surface area contributed by atoms with Gasteiger partial charge in [0.15, 0.2) is 0 Å². The van der Waals surface area contributed by atoms with Gasteiger partial charge in [0, 0.05) is 24.7 Å². The van der Waals surface area contributed by atoms with Crippen molar-refractivity contribution < 1.29 is 4.39 Å². The number of rotatable bonds is 3. The van der Waals surface area contributed by atoms with Gasteiger partial charge in [0.05, 0.1) is 5.69 Å². The standard InChI is InChI=1S/C16H21FN2/c1-3-19-10-16(11-19)5-4-13(8-16)7-15-14(17)6-12(2)9-18-15/h3,6,9,13H,1,4-5,7-8,10-11H2,2H3. The number of hydrogen-bond donors (Lipinski definition) is 0. The van der Waals surface area contributed by atoms with E-state index < -0.39 is 0 Å². The second-order valence-corrected chi connectivity index (χ2v) is 6.34. The Kier molecular flexibility index (Phi) is 3.08. The van der Waals surface area contributed by atoms with Crippen LogP contribution in [0.3, 0.4) is 0 Å². The van der Waals surface area contributed by atoms with Crippen LogP contribution in [-0.4, -0.2) is 23.0 Å². The third-order valence-corrected chi connectivity index (χ3v) is 4.68. The Morgan fingerprint density at radius 3 is 3.05 bits per heavy atom. The fraction of sp³-hybridized carbons (Fsp3) is 0.562. The van der Waals surface area contributed by atoms with Gasteiger partial charge in [-0.05, 0) is 56.4 Å². The van der Waals surface area contributed by atoms with E-state index in [1.54, 1.807) is 12.3 Å². The van der Waals surface area contributed by atoms with E-state index in [0.29, 0.717) is 17.0 Å². The van der Waals surface area contributed by atoms with E-state index in [4.69, 9.17) is 0 Å². The summed E-state index contributed by atoms with van der Waals surface area (Å²) in [4.78, 5) is 6.53. The molecule has 0 N–H and O–H groups in total. The summed E-state index contributed by atoms with van der Waals surface area (Å²) >= 11 is 0. The predicted molar refractivity (Wildman–Crippen MR) is 74.2 cm³/mol. The quantitative estimate of drug-likeness (QED) is 0.829. The van der Waals surface area contributed by atoms with Gasteiger partial charge < -0.3 is 4.90 Å². The summed E-state index contributed by atoms with van der Waals surface area (Å²) < 4.78 is 13.8. The first-order chi connectivity index (χ1) is 9.10. The van der Waals surface area contributed by atoms with Crippen molar-refractivity contribution in [3.63, 3.8) is 0 Å². The highest BCUT2D eigenvalue weighted by Gasteiger charge is 2.46. The summed E-state index contributed by atoms with van der Waals surface area (Å²) in [7, 11) is 0. The maximum atomic E-state index is 13.8. The highest BCUT2D eigenvalue weighted by molar-refractivity contribution is 5.16. The van der Waals surface area contributed by atoms with Crippen LogP contribution in [0.15, 0.2) is 25.0 Å². The van der Waals surface area contributed by atoms with Crippen molar-refractivity contribution in [2.45, 2.75) is 32.6 Å². The second-order valence-electron chi connectivity index (χ2n) is 6.34. The molecule has 2 aliphatic rings. The topological polar surface area (TPSA) is 16.1 Å². The molecule has 19 heavy (non-hydrogen) atoms. The zero-order valence-corrected chi connectivity index (χ0v) is 11.5. The minimum absolute atomic E-state index is 0.137. The molecule has 2 nitrogen and oxygen atoms in total. The number of aryl methyl sites for hydroxylation is 1. The van der Waals surface area contributed by atoms with Crippen molar-refractivity contribution in [3.8, 4) is 0 Å². The average molecular weight is 260 g/mol. The fourth-order valence-electron chi connectivity index (χ4n) is 3.72. The molecule has 2 heterocycles. The maximum absolute atomic E-state index is 13.8. The Morgan fingerprint density at radius 1 is 1.58 bits per heavy atom. The molecular weight excluding hydrogens is 239 g/mol. The van der Waals surface area contributed by atoms with E-state index in [1.807, 2.05) is 13.1 Å². The number of hydrogen-bond acceptors (Lipinski definition) is 2. The fourth-order valence-corrected chi connectivity index (χ4v) is 3.72. The van der Waals surface area contributed by atoms with Gasteiger partial charge in [-0.1, -0.05) is 6.58 Å². The van der Waals surface area contributed by atoms with Crippen LogP contribution in [0, 0.1) is 24.1 Å². The average Bonchev–Trinajstić information content (AvgIpc) is 2.75. The van der Waals surface area contributed by atoms with Crippen LogP contribution in [0.4, 0.5) is 4.39 Å². The van der Waals surface area contributed by atoms with Crippen molar-refractivity contribution in [1.82, 2.24) is 9.88 Å². The van der Waals surface area contributed by atoms with Gasteiger partial charge in [0.25, 0.3) is 0 Å². The van der Waals surface area contributed by atoms with E-state index in [-0.39, 0.29) is 5.82 Å². The lowest BCUT2D eigenvalue weighted by Gasteiger charge is -2.48. The highest BCUT2D eigenvalue weighted by atomic mass is 19.1. The number of halogens is 1. The van der Waals surface area contributed by atoms with Crippen LogP contribution in [-0.2, 0) is 6.42 Å². The molecule has 0 radical (unpaired) electrons. The summed E-state index contributed by atoms with van der Waals surface area (Å²) in [5, 5.41) is 0. The summed E-state index contributed by atoms with van der Waals surface area (Å²) in [5.41, 5.74) is 2.03. The van der Waals surface area contributed by atoms with Gasteiger partial charge in [0.2, 0.25) is 0 Å². The third kappa shape index (κ3) is 2.38. The summed E-state index contributed by atoms with van der Waals surface area (Å²) in [6, 6.07) is 1.59. The zero-order chi connectivity index (χ0) is 13.5. The highest BCUT2D eigenvalue weighted by Crippen LogP contribution is 2.49. The number of aromatic nitrogens is 1. The smallest absolute Gasteiger partial charge is 0.144 e. The number of nitrogens with zero attached hydrogens (tertiary/aromatic N) is 2. The molecule has 1 aromatic rings. The molecule has 1 aromatic heterocycles. The van der Waals surface area contributed by atoms with Crippen molar-refractivity contribution >= 4 is 0 Å². The molecule has 0 amide bonds. The SMILES string of the molecule is C=CN1CC2(CCC(Cc3ncc(C)cc3F)C2)C1. The minimum atomic E-state index is -0.137. The van der Waals surface area contributed by atoms with Crippen LogP contribution in [0.25, 0.3) is 0 Å². The van der Waals surface area contributed by atoms with Crippen LogP contribution in [0.5, 0.6) is 0 Å². The van der Waals surface area contributed by atoms with Gasteiger partial charge in [-0.25, -0.2) is 4.39 Å². The Balaban J connectivity index is 1.62. The first kappa shape index (κ1) is 12.6. The molecule has 102 valence electrons. The molecule has 1 spiro atoms. The summed E-state index contributed by atoms with van der Waals surface area (Å²) in [6.07, 6.45) is 8.19. The monoisotopic (exact) mass is 260 g/mol. The van der Waals surface area contributed by atoms with Gasteiger partial charge in [0.1, 0.15) is 5.82 Å². The molecule has 1 aliphatic heterocycles. The molecule has 3 heteroatoms. The van der Waals surface area contributed by atoms with Crippen LogP contribution in [0.2, 0.25) is 0 Å². The Bertz CT molecular complexity index is 492. The molecule has 0 bridgehead atoms. The van der Waals surface area contributed by atoms with E-state index in [0.717, 1.165) is 25.1 Å². The van der Waals surface area contributed by atoms with Gasteiger partial charge in [-0.3, -0.25) is 4.98 Å². The van der Waals surface area contributed by atoms with E-state index >= 15 is 0 Å². The van der Waals surface area contributed by atoms with Gasteiger partial charge >= 0.3 is 0 Å². The molecule has 3 rings (SSSR count). The van der Waals surface area contributed by atoms with Gasteiger partial charge in [-0.15, -0.1) is 0 Å². The molecule has 1 unspecified atom stereocenters. The predicted octanol–water partition coefficient (Wildman–Crippen LogP) is 3.32. The van der Waals surface area contributed by atoms with Crippen molar-refractivity contribution in [2.75, 3.05) is 13.1 Å². The Morgan fingerprint density at radius 2 is 2.37 bits per heavy atom. The van der Waals surface area contributed by atoms with Crippen molar-refractivity contribution in [1.29, 1.82) is 0 Å². The van der Waals surface area contributed by atoms with Crippen LogP contribution < -0.4 is 0 Å². The largest absolute Gasteiger partial charge is 0.377 e. The van der Waals surface area contributed by atoms with Crippen LogP contribution >= 0.6 is 0 Å². The maximum Gasteiger partial charge on any atom is 0.144 e. The second kappa shape index (κ2) is 4.62. The molecule has 1 aliphatic carbocycles. The van der Waals surface area contributed by atoms with E-state index in [2.05, 4.69) is 16.5 Å². The van der Waals surface area contributed by atoms with E-state index in [9.17, 15) is 4.39 Å². The Labute approximate surface area is 114 Å². The molecule has 1 atom stereocenters. The van der Waals surface area contributed by atoms with Crippen molar-refractivity contribution in [2.24, 2.45) is 11.3 Å². The first-order valence-electron chi connectivity index (χ1n) is 7.08. The van der Waals surface area contributed by atoms with Gasteiger partial charge in [-0.2, -0.15) is 0 Å². The molecule has 1 saturated heterocycles. The zero-order valence-electron chi connectivity index (χ0n) is 11.5. The molecule has 1 saturated carbocycles. The first-order valence-corrected chi connectivity index (χ1v) is 7.08. The summed E-state index contributed by atoms with van der Waals surface area (Å²) in [6.45, 7) is 7.96. The lowest BCUT2D eigenvalue weighted by molar-refractivity contribution is 0.0435. The Hall–Kier alpha value is -1.38. The number of likely N-dealkylation sites (tertiary alicyclic amines) is 1. The lowest BCUT2D eigenvalue weighted by atomic mass is 9.77. The lowest BCUT2D eigenvalue weighted by Crippen LogP contribution is -2.52. The molecule has 2 fully saturated rings. The minimum Gasteiger partial charge on any atom is -0.377 e. The number of pyridine rings is 1.